The number of methoxy groups -OCH3 is 1. The third-order valence-corrected chi connectivity index (χ3v) is 11.8. The van der Waals surface area contributed by atoms with E-state index in [1.807, 2.05) is 41.7 Å². The Morgan fingerprint density at radius 2 is 1.65 bits per heavy atom. The SMILES string of the molecule is COC(=O)C1Cc2ccc(cc2)OCCn2cc(nn2)COc2ccccc2C(=O)NC(Cc2ccccc2)C(=O)N2CCCC2C(=O)NCC(=O)N1.Cc1csc2ccccc12. The zero-order valence-corrected chi connectivity index (χ0v) is 35.8. The molecular weight excluding hydrogens is 823 g/mol. The Bertz CT molecular complexity index is 2530. The minimum absolute atomic E-state index is 0.0352. The average molecular weight is 872 g/mol. The molecule has 16 heteroatoms. The highest BCUT2D eigenvalue weighted by Gasteiger charge is 2.38. The fourth-order valence-corrected chi connectivity index (χ4v) is 8.37. The van der Waals surface area contributed by atoms with Crippen molar-refractivity contribution in [2.24, 2.45) is 0 Å². The Labute approximate surface area is 368 Å². The Hall–Kier alpha value is -7.07. The number of hydrogen-bond donors (Lipinski definition) is 3. The van der Waals surface area contributed by atoms with Crippen molar-refractivity contribution in [2.75, 3.05) is 26.8 Å². The highest BCUT2D eigenvalue weighted by molar-refractivity contribution is 7.17. The zero-order valence-electron chi connectivity index (χ0n) is 35.0. The molecule has 4 amide bonds. The highest BCUT2D eigenvalue weighted by atomic mass is 32.1. The molecule has 0 spiro atoms. The Morgan fingerprint density at radius 1 is 0.889 bits per heavy atom. The number of rotatable bonds is 3. The summed E-state index contributed by atoms with van der Waals surface area (Å²) in [7, 11) is 1.23. The van der Waals surface area contributed by atoms with Gasteiger partial charge in [-0.3, -0.25) is 19.2 Å². The number of fused-ring (bicyclic) bond motifs is 15. The molecule has 63 heavy (non-hydrogen) atoms. The van der Waals surface area contributed by atoms with E-state index in [1.54, 1.807) is 59.4 Å². The van der Waals surface area contributed by atoms with Gasteiger partial charge in [0.1, 0.15) is 48.5 Å². The summed E-state index contributed by atoms with van der Waals surface area (Å²) in [5, 5.41) is 20.1. The number of hydrogen-bond acceptors (Lipinski definition) is 11. The van der Waals surface area contributed by atoms with Crippen LogP contribution in [0.15, 0.2) is 115 Å². The largest absolute Gasteiger partial charge is 0.492 e. The Balaban J connectivity index is 0.000000518. The van der Waals surface area contributed by atoms with Gasteiger partial charge in [0.05, 0.1) is 32.0 Å². The summed E-state index contributed by atoms with van der Waals surface area (Å²) in [5.74, 6) is -1.84. The van der Waals surface area contributed by atoms with Gasteiger partial charge in [-0.05, 0) is 77.6 Å². The maximum Gasteiger partial charge on any atom is 0.328 e. The van der Waals surface area contributed by atoms with Crippen molar-refractivity contribution in [2.45, 2.75) is 63.9 Å². The number of carbonyl (C=O) groups is 5. The van der Waals surface area contributed by atoms with Gasteiger partial charge in [0, 0.05) is 24.1 Å². The van der Waals surface area contributed by atoms with E-state index in [0.717, 1.165) is 11.1 Å². The van der Waals surface area contributed by atoms with Crippen LogP contribution in [0.5, 0.6) is 11.5 Å². The van der Waals surface area contributed by atoms with Crippen LogP contribution in [0.2, 0.25) is 0 Å². The minimum atomic E-state index is -1.02. The van der Waals surface area contributed by atoms with Gasteiger partial charge in [0.2, 0.25) is 17.7 Å². The molecule has 3 aliphatic heterocycles. The number of carbonyl (C=O) groups excluding carboxylic acids is 5. The molecule has 6 aromatic rings. The Morgan fingerprint density at radius 3 is 2.44 bits per heavy atom. The number of thiophene rings is 1. The van der Waals surface area contributed by atoms with Gasteiger partial charge in [0.15, 0.2) is 0 Å². The molecule has 4 bridgehead atoms. The minimum Gasteiger partial charge on any atom is -0.492 e. The normalized spacial score (nSPS) is 18.8. The van der Waals surface area contributed by atoms with Crippen LogP contribution in [0.25, 0.3) is 10.1 Å². The van der Waals surface area contributed by atoms with Crippen LogP contribution in [0.3, 0.4) is 0 Å². The van der Waals surface area contributed by atoms with Gasteiger partial charge < -0.3 is 35.1 Å². The lowest BCUT2D eigenvalue weighted by molar-refractivity contribution is -0.145. The summed E-state index contributed by atoms with van der Waals surface area (Å²) in [6, 6.07) is 28.6. The number of nitrogens with one attached hydrogen (secondary N) is 3. The fraction of sp³-hybridized carbons (Fsp3) is 0.298. The van der Waals surface area contributed by atoms with Crippen molar-refractivity contribution in [3.05, 3.63) is 143 Å². The molecule has 2 aromatic heterocycles. The first-order chi connectivity index (χ1) is 30.6. The summed E-state index contributed by atoms with van der Waals surface area (Å²) in [5.41, 5.74) is 3.70. The fourth-order valence-electron chi connectivity index (χ4n) is 7.43. The number of benzene rings is 4. The first kappa shape index (κ1) is 44.0. The third kappa shape index (κ3) is 11.7. The van der Waals surface area contributed by atoms with E-state index in [2.05, 4.69) is 62.8 Å². The zero-order chi connectivity index (χ0) is 44.1. The van der Waals surface area contributed by atoms with Crippen molar-refractivity contribution >= 4 is 51.0 Å². The van der Waals surface area contributed by atoms with Crippen LogP contribution < -0.4 is 25.4 Å². The van der Waals surface area contributed by atoms with Crippen LogP contribution in [0.1, 0.15) is 45.6 Å². The molecule has 326 valence electrons. The topological polar surface area (TPSA) is 183 Å². The lowest BCUT2D eigenvalue weighted by Gasteiger charge is -2.29. The van der Waals surface area contributed by atoms with E-state index in [-0.39, 0.29) is 25.0 Å². The van der Waals surface area contributed by atoms with Crippen molar-refractivity contribution in [1.29, 1.82) is 0 Å². The van der Waals surface area contributed by atoms with E-state index in [0.29, 0.717) is 49.7 Å². The first-order valence-electron chi connectivity index (χ1n) is 20.7. The standard InChI is InChI=1S/C38H41N7O8.C9H8S/c1-51-38(50)31-21-26-13-15-28(16-14-26)52-19-18-44-23-27(42-43-44)24-53-33-12-6-5-10-29(33)35(47)41-30(20-25-8-3-2-4-9-25)37(49)45-17-7-11-32(45)36(48)39-22-34(46)40-31;1-7-6-10-9-5-3-2-4-8(7)9/h2-6,8-10,12-16,23,30-32H,7,11,17-22,24H2,1H3,(H,39,48)(H,40,46)(H,41,47);2-6H,1H3. The third-order valence-electron chi connectivity index (χ3n) is 10.7. The van der Waals surface area contributed by atoms with Crippen LogP contribution >= 0.6 is 11.3 Å². The van der Waals surface area contributed by atoms with Crippen molar-refractivity contribution < 1.29 is 38.2 Å². The van der Waals surface area contributed by atoms with Crippen molar-refractivity contribution in [1.82, 2.24) is 35.8 Å². The number of para-hydroxylation sites is 1. The molecule has 5 heterocycles. The quantitative estimate of drug-likeness (QED) is 0.209. The second kappa shape index (κ2) is 21.1. The van der Waals surface area contributed by atoms with Crippen molar-refractivity contribution in [3.63, 3.8) is 0 Å². The monoisotopic (exact) mass is 871 g/mol. The molecule has 1 fully saturated rings. The molecule has 3 atom stereocenters. The summed E-state index contributed by atoms with van der Waals surface area (Å²) >= 11 is 1.81. The second-order valence-electron chi connectivity index (χ2n) is 15.1. The lowest BCUT2D eigenvalue weighted by atomic mass is 10.0. The number of nitrogens with zero attached hydrogens (tertiary/aromatic N) is 4. The number of amides is 4. The van der Waals surface area contributed by atoms with Crippen LogP contribution in [-0.2, 0) is 49.9 Å². The van der Waals surface area contributed by atoms with Gasteiger partial charge in [-0.15, -0.1) is 16.4 Å². The molecule has 3 N–H and O–H groups in total. The molecule has 0 aliphatic carbocycles. The van der Waals surface area contributed by atoms with Gasteiger partial charge in [-0.25, -0.2) is 9.48 Å². The smallest absolute Gasteiger partial charge is 0.328 e. The van der Waals surface area contributed by atoms with Crippen molar-refractivity contribution in [3.8, 4) is 11.5 Å². The molecule has 3 unspecified atom stereocenters. The van der Waals surface area contributed by atoms with Gasteiger partial charge >= 0.3 is 5.97 Å². The van der Waals surface area contributed by atoms with Crippen LogP contribution in [-0.4, -0.2) is 94.4 Å². The van der Waals surface area contributed by atoms with Gasteiger partial charge in [-0.1, -0.05) is 78.0 Å². The molecule has 0 saturated carbocycles. The second-order valence-corrected chi connectivity index (χ2v) is 16.0. The first-order valence-corrected chi connectivity index (χ1v) is 21.6. The number of aromatic nitrogens is 3. The molecule has 15 nitrogen and oxygen atoms in total. The van der Waals surface area contributed by atoms with E-state index in [4.69, 9.17) is 14.2 Å². The molecule has 0 radical (unpaired) electrons. The predicted molar refractivity (Wildman–Crippen MR) is 236 cm³/mol. The van der Waals surface area contributed by atoms with Crippen LogP contribution in [0, 0.1) is 6.92 Å². The van der Waals surface area contributed by atoms with Crippen LogP contribution in [0.4, 0.5) is 0 Å². The van der Waals surface area contributed by atoms with E-state index in [1.165, 1.54) is 27.7 Å². The van der Waals surface area contributed by atoms with E-state index in [9.17, 15) is 24.0 Å². The number of esters is 1. The van der Waals surface area contributed by atoms with Gasteiger partial charge in [-0.2, -0.15) is 0 Å². The maximum absolute atomic E-state index is 14.2. The van der Waals surface area contributed by atoms with E-state index >= 15 is 0 Å². The molecule has 1 saturated heterocycles. The lowest BCUT2D eigenvalue weighted by Crippen LogP contribution is -2.55. The molecule has 4 aromatic carbocycles. The summed E-state index contributed by atoms with van der Waals surface area (Å²) in [6.07, 6.45) is 2.96. The number of ether oxygens (including phenoxy) is 3. The summed E-state index contributed by atoms with van der Waals surface area (Å²) in [6.45, 7) is 2.74. The average Bonchev–Trinajstić information content (AvgIpc) is 4.08. The highest BCUT2D eigenvalue weighted by Crippen LogP contribution is 2.25. The molecular formula is C47H49N7O8S. The van der Waals surface area contributed by atoms with E-state index < -0.39 is 54.3 Å². The predicted octanol–water partition coefficient (Wildman–Crippen LogP) is 4.81. The number of aryl methyl sites for hydroxylation is 1. The Kier molecular flexibility index (Phi) is 14.8. The maximum atomic E-state index is 14.2. The van der Waals surface area contributed by atoms with Gasteiger partial charge in [0.25, 0.3) is 5.91 Å². The summed E-state index contributed by atoms with van der Waals surface area (Å²) in [4.78, 5) is 68.5. The molecule has 9 rings (SSSR count). The molecule has 3 aliphatic rings. The summed E-state index contributed by atoms with van der Waals surface area (Å²) < 4.78 is 19.8.